The van der Waals surface area contributed by atoms with Crippen molar-refractivity contribution in [3.63, 3.8) is 0 Å². The lowest BCUT2D eigenvalue weighted by molar-refractivity contribution is 0.333. The monoisotopic (exact) mass is 238 g/mol. The summed E-state index contributed by atoms with van der Waals surface area (Å²) in [4.78, 5) is 0. The van der Waals surface area contributed by atoms with Crippen molar-refractivity contribution in [3.8, 4) is 0 Å². The maximum Gasteiger partial charge on any atom is -0.0388 e. The SMILES string of the molecule is CCC(C)CCCC(C)CCC1CCCC1C. The van der Waals surface area contributed by atoms with Crippen LogP contribution < -0.4 is 0 Å². The second-order valence-electron chi connectivity index (χ2n) is 6.80. The molecule has 1 fully saturated rings. The van der Waals surface area contributed by atoms with Gasteiger partial charge in [0.05, 0.1) is 0 Å². The lowest BCUT2D eigenvalue weighted by atomic mass is 9.88. The third-order valence-corrected chi connectivity index (χ3v) is 5.16. The van der Waals surface area contributed by atoms with Gasteiger partial charge in [-0.2, -0.15) is 0 Å². The first kappa shape index (κ1) is 15.1. The highest BCUT2D eigenvalue weighted by atomic mass is 14.3. The lowest BCUT2D eigenvalue weighted by Crippen LogP contribution is -2.06. The first-order chi connectivity index (χ1) is 8.13. The fourth-order valence-electron chi connectivity index (χ4n) is 3.31. The summed E-state index contributed by atoms with van der Waals surface area (Å²) >= 11 is 0. The first-order valence-electron chi connectivity index (χ1n) is 8.13. The first-order valence-corrected chi connectivity index (χ1v) is 8.13. The molecule has 0 bridgehead atoms. The molecule has 4 unspecified atom stereocenters. The van der Waals surface area contributed by atoms with Gasteiger partial charge in [-0.15, -0.1) is 0 Å². The molecule has 17 heavy (non-hydrogen) atoms. The average Bonchev–Trinajstić information content (AvgIpc) is 2.72. The number of hydrogen-bond acceptors (Lipinski definition) is 0. The molecule has 0 aromatic rings. The molecule has 0 radical (unpaired) electrons. The topological polar surface area (TPSA) is 0 Å². The van der Waals surface area contributed by atoms with Crippen molar-refractivity contribution in [1.29, 1.82) is 0 Å². The molecule has 0 heteroatoms. The zero-order chi connectivity index (χ0) is 12.7. The van der Waals surface area contributed by atoms with E-state index in [1.165, 1.54) is 57.8 Å². The largest absolute Gasteiger partial charge is 0.0651 e. The third kappa shape index (κ3) is 5.93. The molecule has 0 nitrogen and oxygen atoms in total. The van der Waals surface area contributed by atoms with E-state index < -0.39 is 0 Å². The Balaban J connectivity index is 2.02. The fourth-order valence-corrected chi connectivity index (χ4v) is 3.31. The summed E-state index contributed by atoms with van der Waals surface area (Å²) in [6, 6.07) is 0. The summed E-state index contributed by atoms with van der Waals surface area (Å²) in [7, 11) is 0. The van der Waals surface area contributed by atoms with E-state index in [-0.39, 0.29) is 0 Å². The van der Waals surface area contributed by atoms with Crippen LogP contribution in [-0.4, -0.2) is 0 Å². The van der Waals surface area contributed by atoms with Crippen molar-refractivity contribution in [2.75, 3.05) is 0 Å². The highest BCUT2D eigenvalue weighted by Gasteiger charge is 2.23. The van der Waals surface area contributed by atoms with Gasteiger partial charge in [0.25, 0.3) is 0 Å². The third-order valence-electron chi connectivity index (χ3n) is 5.16. The number of hydrogen-bond donors (Lipinski definition) is 0. The molecule has 1 rings (SSSR count). The van der Waals surface area contributed by atoms with E-state index in [0.29, 0.717) is 0 Å². The van der Waals surface area contributed by atoms with Crippen molar-refractivity contribution in [2.24, 2.45) is 23.7 Å². The van der Waals surface area contributed by atoms with Gasteiger partial charge in [-0.3, -0.25) is 0 Å². The van der Waals surface area contributed by atoms with Crippen LogP contribution in [0.5, 0.6) is 0 Å². The van der Waals surface area contributed by atoms with Crippen molar-refractivity contribution >= 4 is 0 Å². The minimum Gasteiger partial charge on any atom is -0.0651 e. The molecule has 1 aliphatic carbocycles. The van der Waals surface area contributed by atoms with Gasteiger partial charge in [-0.05, 0) is 30.1 Å². The maximum absolute atomic E-state index is 2.47. The molecule has 4 atom stereocenters. The van der Waals surface area contributed by atoms with Gasteiger partial charge in [0.2, 0.25) is 0 Å². The summed E-state index contributed by atoms with van der Waals surface area (Å²) < 4.78 is 0. The number of rotatable bonds is 8. The smallest absolute Gasteiger partial charge is 0.0388 e. The average molecular weight is 238 g/mol. The van der Waals surface area contributed by atoms with Gasteiger partial charge in [0, 0.05) is 0 Å². The fraction of sp³-hybridized carbons (Fsp3) is 1.00. The Hall–Kier alpha value is 0. The molecule has 102 valence electrons. The summed E-state index contributed by atoms with van der Waals surface area (Å²) in [6.45, 7) is 9.64. The Kier molecular flexibility index (Phi) is 7.23. The standard InChI is InChI=1S/C17H34/c1-5-14(2)8-6-9-15(3)12-13-17-11-7-10-16(17)4/h14-17H,5-13H2,1-4H3. The molecule has 1 saturated carbocycles. The second-order valence-corrected chi connectivity index (χ2v) is 6.80. The van der Waals surface area contributed by atoms with Crippen molar-refractivity contribution in [3.05, 3.63) is 0 Å². The lowest BCUT2D eigenvalue weighted by Gasteiger charge is -2.18. The molecule has 0 saturated heterocycles. The molecule has 0 aliphatic heterocycles. The van der Waals surface area contributed by atoms with Crippen LogP contribution in [-0.2, 0) is 0 Å². The van der Waals surface area contributed by atoms with E-state index >= 15 is 0 Å². The van der Waals surface area contributed by atoms with Crippen molar-refractivity contribution in [1.82, 2.24) is 0 Å². The Bertz CT molecular complexity index is 184. The van der Waals surface area contributed by atoms with Crippen LogP contribution in [0.2, 0.25) is 0 Å². The Labute approximate surface area is 110 Å². The zero-order valence-electron chi connectivity index (χ0n) is 12.7. The Morgan fingerprint density at radius 3 is 2.29 bits per heavy atom. The van der Waals surface area contributed by atoms with E-state index in [1.54, 1.807) is 0 Å². The minimum atomic E-state index is 0.942. The van der Waals surface area contributed by atoms with Gasteiger partial charge in [0.15, 0.2) is 0 Å². The predicted octanol–water partition coefficient (Wildman–Crippen LogP) is 6.06. The van der Waals surface area contributed by atoms with Gasteiger partial charge in [-0.1, -0.05) is 79.1 Å². The van der Waals surface area contributed by atoms with Crippen LogP contribution in [0.3, 0.4) is 0 Å². The normalized spacial score (nSPS) is 28.2. The summed E-state index contributed by atoms with van der Waals surface area (Å²) in [5.74, 6) is 3.98. The van der Waals surface area contributed by atoms with Crippen LogP contribution in [0.25, 0.3) is 0 Å². The highest BCUT2D eigenvalue weighted by molar-refractivity contribution is 4.74. The van der Waals surface area contributed by atoms with Crippen LogP contribution in [0.4, 0.5) is 0 Å². The van der Waals surface area contributed by atoms with E-state index in [4.69, 9.17) is 0 Å². The van der Waals surface area contributed by atoms with Crippen LogP contribution >= 0.6 is 0 Å². The van der Waals surface area contributed by atoms with Crippen LogP contribution in [0.1, 0.15) is 85.5 Å². The molecular formula is C17H34. The van der Waals surface area contributed by atoms with E-state index in [1.807, 2.05) is 0 Å². The van der Waals surface area contributed by atoms with Crippen molar-refractivity contribution in [2.45, 2.75) is 85.5 Å². The van der Waals surface area contributed by atoms with Gasteiger partial charge < -0.3 is 0 Å². The molecule has 0 amide bonds. The van der Waals surface area contributed by atoms with Crippen molar-refractivity contribution < 1.29 is 0 Å². The van der Waals surface area contributed by atoms with Crippen LogP contribution in [0, 0.1) is 23.7 Å². The minimum absolute atomic E-state index is 0.942. The van der Waals surface area contributed by atoms with E-state index in [9.17, 15) is 0 Å². The Morgan fingerprint density at radius 1 is 1.00 bits per heavy atom. The van der Waals surface area contributed by atoms with Gasteiger partial charge >= 0.3 is 0 Å². The molecule has 0 N–H and O–H groups in total. The molecule has 0 aromatic heterocycles. The van der Waals surface area contributed by atoms with E-state index in [0.717, 1.165) is 23.7 Å². The zero-order valence-corrected chi connectivity index (χ0v) is 12.7. The van der Waals surface area contributed by atoms with E-state index in [2.05, 4.69) is 27.7 Å². The molecule has 1 aliphatic rings. The quantitative estimate of drug-likeness (QED) is 0.482. The summed E-state index contributed by atoms with van der Waals surface area (Å²) in [5.41, 5.74) is 0. The molecule has 0 spiro atoms. The van der Waals surface area contributed by atoms with Crippen LogP contribution in [0.15, 0.2) is 0 Å². The summed E-state index contributed by atoms with van der Waals surface area (Å²) in [5, 5.41) is 0. The Morgan fingerprint density at radius 2 is 1.71 bits per heavy atom. The van der Waals surface area contributed by atoms with Gasteiger partial charge in [0.1, 0.15) is 0 Å². The molecular weight excluding hydrogens is 204 g/mol. The molecule has 0 heterocycles. The predicted molar refractivity (Wildman–Crippen MR) is 78.2 cm³/mol. The summed E-state index contributed by atoms with van der Waals surface area (Å²) in [6.07, 6.45) is 13.2. The van der Waals surface area contributed by atoms with Gasteiger partial charge in [-0.25, -0.2) is 0 Å². The molecule has 0 aromatic carbocycles. The highest BCUT2D eigenvalue weighted by Crippen LogP contribution is 2.35. The second kappa shape index (κ2) is 8.16. The maximum atomic E-state index is 2.47.